The average molecular weight is 516 g/mol. The molecule has 1 aliphatic carbocycles. The van der Waals surface area contributed by atoms with Crippen molar-refractivity contribution in [2.24, 2.45) is 11.8 Å². The normalized spacial score (nSPS) is 32.0. The molecule has 1 unspecified atom stereocenters. The maximum absolute atomic E-state index is 15.9. The molecule has 0 spiro atoms. The third-order valence-corrected chi connectivity index (χ3v) is 10.7. The average Bonchev–Trinajstić information content (AvgIpc) is 3.23. The minimum atomic E-state index is -4.10. The van der Waals surface area contributed by atoms with E-state index in [2.05, 4.69) is 10.2 Å². The van der Waals surface area contributed by atoms with Crippen LogP contribution in [0.3, 0.4) is 0 Å². The minimum absolute atomic E-state index is 0.00552. The van der Waals surface area contributed by atoms with Crippen LogP contribution in [0.5, 0.6) is 0 Å². The van der Waals surface area contributed by atoms with Gasteiger partial charge >= 0.3 is 0 Å². The number of halogens is 3. The highest BCUT2D eigenvalue weighted by atomic mass is 32.2. The van der Waals surface area contributed by atoms with Crippen LogP contribution in [0.1, 0.15) is 40.8 Å². The molecule has 3 aliphatic heterocycles. The van der Waals surface area contributed by atoms with Crippen molar-refractivity contribution in [1.29, 1.82) is 0 Å². The van der Waals surface area contributed by atoms with Crippen LogP contribution in [-0.4, -0.2) is 46.6 Å². The van der Waals surface area contributed by atoms with E-state index < -0.39 is 33.1 Å². The Morgan fingerprint density at radius 3 is 2.36 bits per heavy atom. The smallest absolute Gasteiger partial charge is 0.290 e. The summed E-state index contributed by atoms with van der Waals surface area (Å²) in [7, 11) is -4.10. The van der Waals surface area contributed by atoms with E-state index in [1.165, 1.54) is 12.1 Å². The molecular weight excluding hydrogens is 491 g/mol. The SMILES string of the molecule is O=S1(=O)[C@@H](c2ccccc2)CC[C@H]2N1Cc1c(F)cc(N3C[C@@H]4C(n5cnnc5)[C@@H]4C3)cc1C2(F)F. The Morgan fingerprint density at radius 1 is 0.972 bits per heavy atom. The number of nitrogens with zero attached hydrogens (tertiary/aromatic N) is 5. The van der Waals surface area contributed by atoms with Gasteiger partial charge in [0.2, 0.25) is 10.0 Å². The summed E-state index contributed by atoms with van der Waals surface area (Å²) in [5.74, 6) is -3.59. The molecule has 0 bridgehead atoms. The van der Waals surface area contributed by atoms with Crippen LogP contribution in [0.4, 0.5) is 18.9 Å². The number of rotatable bonds is 3. The van der Waals surface area contributed by atoms with E-state index in [0.29, 0.717) is 42.2 Å². The molecule has 2 aromatic carbocycles. The predicted octanol–water partition coefficient (Wildman–Crippen LogP) is 3.87. The number of piperidine rings is 1. The Labute approximate surface area is 206 Å². The molecule has 5 atom stereocenters. The molecule has 4 aliphatic rings. The zero-order valence-corrected chi connectivity index (χ0v) is 20.0. The topological polar surface area (TPSA) is 71.3 Å². The molecule has 0 radical (unpaired) electrons. The van der Waals surface area contributed by atoms with E-state index in [9.17, 15) is 8.42 Å². The molecule has 0 amide bonds. The molecule has 1 saturated carbocycles. The summed E-state index contributed by atoms with van der Waals surface area (Å²) in [6, 6.07) is 10.1. The third kappa shape index (κ3) is 3.11. The van der Waals surface area contributed by atoms with Gasteiger partial charge in [0.1, 0.15) is 23.7 Å². The second kappa shape index (κ2) is 7.55. The lowest BCUT2D eigenvalue weighted by molar-refractivity contribution is -0.0871. The number of hydrogen-bond donors (Lipinski definition) is 0. The summed E-state index contributed by atoms with van der Waals surface area (Å²) in [4.78, 5) is 1.95. The van der Waals surface area contributed by atoms with Crippen LogP contribution in [-0.2, 0) is 22.5 Å². The van der Waals surface area contributed by atoms with Gasteiger partial charge < -0.3 is 9.47 Å². The zero-order chi connectivity index (χ0) is 24.8. The quantitative estimate of drug-likeness (QED) is 0.530. The van der Waals surface area contributed by atoms with Crippen LogP contribution >= 0.6 is 0 Å². The van der Waals surface area contributed by atoms with E-state index in [1.807, 2.05) is 9.47 Å². The van der Waals surface area contributed by atoms with Gasteiger partial charge in [0.25, 0.3) is 5.92 Å². The van der Waals surface area contributed by atoms with Crippen molar-refractivity contribution in [3.63, 3.8) is 0 Å². The van der Waals surface area contributed by atoms with Crippen molar-refractivity contribution in [3.8, 4) is 0 Å². The van der Waals surface area contributed by atoms with Gasteiger partial charge in [0, 0.05) is 54.3 Å². The molecule has 4 heterocycles. The molecule has 3 fully saturated rings. The number of fused-ring (bicyclic) bond motifs is 3. The van der Waals surface area contributed by atoms with Crippen molar-refractivity contribution in [2.75, 3.05) is 18.0 Å². The first-order chi connectivity index (χ1) is 17.3. The summed E-state index contributed by atoms with van der Waals surface area (Å²) < 4.78 is 76.8. The Kier molecular flexibility index (Phi) is 4.67. The lowest BCUT2D eigenvalue weighted by atomic mass is 9.87. The zero-order valence-electron chi connectivity index (χ0n) is 19.2. The minimum Gasteiger partial charge on any atom is -0.371 e. The van der Waals surface area contributed by atoms with Gasteiger partial charge in [0.05, 0.1) is 6.04 Å². The standard InChI is InChI=1S/C25H24F3N5O2S/c26-21-9-16(31-10-17-18(11-31)24(17)32-13-29-30-14-32)8-20-19(21)12-33-23(25(20,27)28)7-6-22(36(33,34)35)15-4-2-1-3-5-15/h1-5,8-9,13-14,17-18,22-24H,6-7,10-12H2/t17-,18+,22-,23-,24?/m1/s1. The van der Waals surface area contributed by atoms with E-state index >= 15 is 13.2 Å². The number of aromatic nitrogens is 3. The summed E-state index contributed by atoms with van der Waals surface area (Å²) in [6.45, 7) is 0.897. The molecule has 7 rings (SSSR count). The number of alkyl halides is 2. The van der Waals surface area contributed by atoms with Crippen molar-refractivity contribution >= 4 is 15.7 Å². The van der Waals surface area contributed by atoms with Gasteiger partial charge in [-0.05, 0) is 30.5 Å². The molecule has 3 aromatic rings. The van der Waals surface area contributed by atoms with E-state index in [4.69, 9.17) is 0 Å². The summed E-state index contributed by atoms with van der Waals surface area (Å²) in [6.07, 6.45) is 3.46. The van der Waals surface area contributed by atoms with E-state index in [1.54, 1.807) is 43.0 Å². The maximum atomic E-state index is 15.9. The molecule has 1 aromatic heterocycles. The van der Waals surface area contributed by atoms with Gasteiger partial charge in [-0.15, -0.1) is 10.2 Å². The fraction of sp³-hybridized carbons (Fsp3) is 0.440. The van der Waals surface area contributed by atoms with E-state index in [-0.39, 0.29) is 30.5 Å². The molecule has 2 saturated heterocycles. The molecular formula is C25H24F3N5O2S. The second-order valence-corrected chi connectivity index (χ2v) is 12.4. The van der Waals surface area contributed by atoms with Gasteiger partial charge in [-0.3, -0.25) is 0 Å². The lowest BCUT2D eigenvalue weighted by Crippen LogP contribution is -2.56. The number of benzene rings is 2. The highest BCUT2D eigenvalue weighted by molar-refractivity contribution is 7.89. The van der Waals surface area contributed by atoms with Gasteiger partial charge in [-0.2, -0.15) is 13.1 Å². The number of sulfonamides is 1. The van der Waals surface area contributed by atoms with Crippen molar-refractivity contribution in [3.05, 3.63) is 77.6 Å². The van der Waals surface area contributed by atoms with Gasteiger partial charge in [0.15, 0.2) is 0 Å². The molecule has 11 heteroatoms. The highest BCUT2D eigenvalue weighted by Gasteiger charge is 2.59. The van der Waals surface area contributed by atoms with Crippen LogP contribution in [0, 0.1) is 17.7 Å². The van der Waals surface area contributed by atoms with Crippen molar-refractivity contribution in [2.45, 2.75) is 42.6 Å². The summed E-state index contributed by atoms with van der Waals surface area (Å²) in [5, 5.41) is 6.78. The molecule has 0 N–H and O–H groups in total. The fourth-order valence-corrected chi connectivity index (χ4v) is 8.78. The predicted molar refractivity (Wildman–Crippen MR) is 125 cm³/mol. The van der Waals surface area contributed by atoms with Gasteiger partial charge in [-0.1, -0.05) is 30.3 Å². The monoisotopic (exact) mass is 515 g/mol. The summed E-state index contributed by atoms with van der Waals surface area (Å²) in [5.41, 5.74) is 0.375. The Bertz CT molecular complexity index is 1420. The maximum Gasteiger partial charge on any atom is 0.290 e. The molecule has 36 heavy (non-hydrogen) atoms. The van der Waals surface area contributed by atoms with Crippen LogP contribution in [0.2, 0.25) is 0 Å². The van der Waals surface area contributed by atoms with Crippen molar-refractivity contribution < 1.29 is 21.6 Å². The Hall–Kier alpha value is -2.92. The number of anilines is 1. The third-order valence-electron chi connectivity index (χ3n) is 8.47. The van der Waals surface area contributed by atoms with Crippen LogP contribution in [0.15, 0.2) is 55.1 Å². The molecule has 188 valence electrons. The van der Waals surface area contributed by atoms with Gasteiger partial charge in [-0.25, -0.2) is 12.8 Å². The molecule has 7 nitrogen and oxygen atoms in total. The van der Waals surface area contributed by atoms with Crippen LogP contribution in [0.25, 0.3) is 0 Å². The first kappa shape index (κ1) is 22.3. The highest BCUT2D eigenvalue weighted by Crippen LogP contribution is 2.57. The van der Waals surface area contributed by atoms with E-state index in [0.717, 1.165) is 4.31 Å². The lowest BCUT2D eigenvalue weighted by Gasteiger charge is -2.46. The number of hydrogen-bond acceptors (Lipinski definition) is 5. The largest absolute Gasteiger partial charge is 0.371 e. The first-order valence-electron chi connectivity index (χ1n) is 12.1. The Balaban J connectivity index is 1.19. The van der Waals surface area contributed by atoms with Crippen molar-refractivity contribution in [1.82, 2.24) is 19.1 Å². The Morgan fingerprint density at radius 2 is 1.67 bits per heavy atom. The first-order valence-corrected chi connectivity index (χ1v) is 13.6. The summed E-state index contributed by atoms with van der Waals surface area (Å²) >= 11 is 0. The fourth-order valence-electron chi connectivity index (χ4n) is 6.62. The van der Waals surface area contributed by atoms with Crippen LogP contribution < -0.4 is 4.90 Å². The second-order valence-electron chi connectivity index (χ2n) is 10.3.